The molecule has 0 radical (unpaired) electrons. The molecule has 0 saturated carbocycles. The highest BCUT2D eigenvalue weighted by Crippen LogP contribution is 2.29. The van der Waals surface area contributed by atoms with Gasteiger partial charge < -0.3 is 4.74 Å². The molecular weight excluding hydrogens is 382 g/mol. The van der Waals surface area contributed by atoms with Gasteiger partial charge in [0.1, 0.15) is 11.8 Å². The molecule has 0 unspecified atom stereocenters. The summed E-state index contributed by atoms with van der Waals surface area (Å²) in [6, 6.07) is 16.6. The van der Waals surface area contributed by atoms with Gasteiger partial charge in [-0.25, -0.2) is 0 Å². The van der Waals surface area contributed by atoms with Crippen molar-refractivity contribution >= 4 is 39.3 Å². The summed E-state index contributed by atoms with van der Waals surface area (Å²) in [6.45, 7) is 1.73. The Balaban J connectivity index is 1.97. The maximum absolute atomic E-state index is 12.8. The van der Waals surface area contributed by atoms with Gasteiger partial charge in [0.2, 0.25) is 0 Å². The Hall–Kier alpha value is -2.91. The minimum atomic E-state index is -0.199. The SMILES string of the molecule is CC1=NN(c2ccccc2)C(=O)C1=Cc1cc(Br)ccc1OCC#N. The molecule has 5 nitrogen and oxygen atoms in total. The third-order valence-corrected chi connectivity index (χ3v) is 4.12. The Labute approximate surface area is 154 Å². The summed E-state index contributed by atoms with van der Waals surface area (Å²) in [5.41, 5.74) is 2.53. The summed E-state index contributed by atoms with van der Waals surface area (Å²) in [6.07, 6.45) is 1.74. The number of nitriles is 1. The van der Waals surface area contributed by atoms with Crippen LogP contribution in [0.3, 0.4) is 0 Å². The zero-order valence-electron chi connectivity index (χ0n) is 13.4. The number of nitrogens with zero attached hydrogens (tertiary/aromatic N) is 3. The van der Waals surface area contributed by atoms with Gasteiger partial charge in [-0.2, -0.15) is 15.4 Å². The van der Waals surface area contributed by atoms with Gasteiger partial charge in [0, 0.05) is 10.0 Å². The molecule has 0 saturated heterocycles. The topological polar surface area (TPSA) is 65.7 Å². The number of hydrogen-bond acceptors (Lipinski definition) is 4. The van der Waals surface area contributed by atoms with E-state index in [4.69, 9.17) is 10.00 Å². The first-order valence-electron chi connectivity index (χ1n) is 7.56. The smallest absolute Gasteiger partial charge is 0.280 e. The molecule has 0 N–H and O–H groups in total. The van der Waals surface area contributed by atoms with Gasteiger partial charge in [-0.15, -0.1) is 0 Å². The number of carbonyl (C=O) groups is 1. The molecule has 1 heterocycles. The van der Waals surface area contributed by atoms with Crippen LogP contribution in [-0.2, 0) is 4.79 Å². The van der Waals surface area contributed by atoms with Crippen LogP contribution < -0.4 is 9.75 Å². The van der Waals surface area contributed by atoms with E-state index in [1.165, 1.54) is 5.01 Å². The van der Waals surface area contributed by atoms with Crippen molar-refractivity contribution in [3.8, 4) is 11.8 Å². The van der Waals surface area contributed by atoms with E-state index in [2.05, 4.69) is 21.0 Å². The van der Waals surface area contributed by atoms with E-state index in [0.717, 1.165) is 4.47 Å². The van der Waals surface area contributed by atoms with Crippen molar-refractivity contribution in [2.45, 2.75) is 6.92 Å². The Kier molecular flexibility index (Phi) is 4.96. The third kappa shape index (κ3) is 3.62. The van der Waals surface area contributed by atoms with Gasteiger partial charge in [-0.1, -0.05) is 34.1 Å². The number of carbonyl (C=O) groups excluding carboxylic acids is 1. The number of ether oxygens (including phenoxy) is 1. The van der Waals surface area contributed by atoms with E-state index in [1.54, 1.807) is 19.1 Å². The monoisotopic (exact) mass is 395 g/mol. The number of anilines is 1. The summed E-state index contributed by atoms with van der Waals surface area (Å²) < 4.78 is 6.29. The van der Waals surface area contributed by atoms with E-state index >= 15 is 0 Å². The van der Waals surface area contributed by atoms with Crippen molar-refractivity contribution in [1.29, 1.82) is 5.26 Å². The standard InChI is InChI=1S/C19H14BrN3O2/c1-13-17(19(24)23(22-13)16-5-3-2-4-6-16)12-14-11-15(20)7-8-18(14)25-10-9-21/h2-8,11-12H,10H2,1H3. The van der Waals surface area contributed by atoms with E-state index in [0.29, 0.717) is 28.3 Å². The van der Waals surface area contributed by atoms with Gasteiger partial charge >= 0.3 is 0 Å². The van der Waals surface area contributed by atoms with Crippen LogP contribution in [-0.4, -0.2) is 18.2 Å². The lowest BCUT2D eigenvalue weighted by atomic mass is 10.1. The molecule has 1 aliphatic rings. The summed E-state index contributed by atoms with van der Waals surface area (Å²) >= 11 is 3.42. The Morgan fingerprint density at radius 3 is 2.76 bits per heavy atom. The van der Waals surface area contributed by atoms with Crippen LogP contribution in [0.2, 0.25) is 0 Å². The molecule has 1 amide bonds. The van der Waals surface area contributed by atoms with Crippen LogP contribution >= 0.6 is 15.9 Å². The molecule has 0 spiro atoms. The van der Waals surface area contributed by atoms with Crippen molar-refractivity contribution in [2.75, 3.05) is 11.6 Å². The molecule has 0 fully saturated rings. The lowest BCUT2D eigenvalue weighted by Gasteiger charge is -2.11. The largest absolute Gasteiger partial charge is 0.478 e. The molecule has 0 atom stereocenters. The molecule has 0 aromatic heterocycles. The Bertz CT molecular complexity index is 914. The zero-order valence-corrected chi connectivity index (χ0v) is 15.0. The molecule has 124 valence electrons. The number of halogens is 1. The lowest BCUT2D eigenvalue weighted by Crippen LogP contribution is -2.21. The van der Waals surface area contributed by atoms with Gasteiger partial charge in [0.05, 0.1) is 17.0 Å². The van der Waals surface area contributed by atoms with Gasteiger partial charge in [0.15, 0.2) is 6.61 Å². The van der Waals surface area contributed by atoms with Gasteiger partial charge in [-0.3, -0.25) is 4.79 Å². The van der Waals surface area contributed by atoms with E-state index in [-0.39, 0.29) is 12.5 Å². The highest BCUT2D eigenvalue weighted by Gasteiger charge is 2.28. The predicted molar refractivity (Wildman–Crippen MR) is 100 cm³/mol. The van der Waals surface area contributed by atoms with Crippen molar-refractivity contribution in [3.05, 3.63) is 64.1 Å². The number of hydrazone groups is 1. The van der Waals surface area contributed by atoms with Crippen LogP contribution in [0.15, 0.2) is 63.7 Å². The van der Waals surface area contributed by atoms with Gasteiger partial charge in [0.25, 0.3) is 5.91 Å². The highest BCUT2D eigenvalue weighted by atomic mass is 79.9. The first-order valence-corrected chi connectivity index (χ1v) is 8.35. The summed E-state index contributed by atoms with van der Waals surface area (Å²) in [7, 11) is 0. The van der Waals surface area contributed by atoms with Crippen LogP contribution in [0.5, 0.6) is 5.75 Å². The molecule has 0 aliphatic carbocycles. The minimum absolute atomic E-state index is 0.0606. The molecular formula is C19H14BrN3O2. The summed E-state index contributed by atoms with van der Waals surface area (Å²) in [5, 5.41) is 14.5. The van der Waals surface area contributed by atoms with Crippen molar-refractivity contribution in [2.24, 2.45) is 5.10 Å². The third-order valence-electron chi connectivity index (χ3n) is 3.63. The molecule has 2 aromatic rings. The van der Waals surface area contributed by atoms with Crippen LogP contribution in [0.25, 0.3) is 6.08 Å². The Morgan fingerprint density at radius 1 is 1.28 bits per heavy atom. The molecule has 2 aromatic carbocycles. The number of hydrogen-bond donors (Lipinski definition) is 0. The van der Waals surface area contributed by atoms with E-state index in [1.807, 2.05) is 48.5 Å². The van der Waals surface area contributed by atoms with Crippen LogP contribution in [0, 0.1) is 11.3 Å². The fourth-order valence-electron chi connectivity index (χ4n) is 2.46. The Morgan fingerprint density at radius 2 is 2.04 bits per heavy atom. The normalized spacial score (nSPS) is 15.2. The average molecular weight is 396 g/mol. The molecule has 3 rings (SSSR count). The zero-order chi connectivity index (χ0) is 17.8. The molecule has 6 heteroatoms. The number of benzene rings is 2. The number of amides is 1. The van der Waals surface area contributed by atoms with E-state index < -0.39 is 0 Å². The van der Waals surface area contributed by atoms with Crippen molar-refractivity contribution < 1.29 is 9.53 Å². The average Bonchev–Trinajstić information content (AvgIpc) is 2.90. The van der Waals surface area contributed by atoms with Crippen molar-refractivity contribution in [1.82, 2.24) is 0 Å². The fourth-order valence-corrected chi connectivity index (χ4v) is 2.84. The second kappa shape index (κ2) is 7.32. The molecule has 1 aliphatic heterocycles. The van der Waals surface area contributed by atoms with Crippen LogP contribution in [0.4, 0.5) is 5.69 Å². The minimum Gasteiger partial charge on any atom is -0.478 e. The fraction of sp³-hybridized carbons (Fsp3) is 0.105. The predicted octanol–water partition coefficient (Wildman–Crippen LogP) is 4.16. The quantitative estimate of drug-likeness (QED) is 0.729. The van der Waals surface area contributed by atoms with Crippen LogP contribution in [0.1, 0.15) is 12.5 Å². The molecule has 0 bridgehead atoms. The second-order valence-corrected chi connectivity index (χ2v) is 6.24. The first-order chi connectivity index (χ1) is 12.1. The second-order valence-electron chi connectivity index (χ2n) is 5.32. The molecule has 25 heavy (non-hydrogen) atoms. The maximum Gasteiger partial charge on any atom is 0.280 e. The first kappa shape index (κ1) is 16.9. The van der Waals surface area contributed by atoms with E-state index in [9.17, 15) is 4.79 Å². The number of rotatable bonds is 4. The van der Waals surface area contributed by atoms with Crippen molar-refractivity contribution in [3.63, 3.8) is 0 Å². The summed E-state index contributed by atoms with van der Waals surface area (Å²) in [4.78, 5) is 12.8. The highest BCUT2D eigenvalue weighted by molar-refractivity contribution is 9.10. The number of para-hydroxylation sites is 1. The summed E-state index contributed by atoms with van der Waals surface area (Å²) in [5.74, 6) is 0.339. The van der Waals surface area contributed by atoms with Gasteiger partial charge in [-0.05, 0) is 43.3 Å². The maximum atomic E-state index is 12.8. The lowest BCUT2D eigenvalue weighted by molar-refractivity contribution is -0.114.